The Balaban J connectivity index is 2.28. The highest BCUT2D eigenvalue weighted by atomic mass is 35.5. The number of pyridine rings is 1. The van der Waals surface area contributed by atoms with Gasteiger partial charge < -0.3 is 4.74 Å². The first-order chi connectivity index (χ1) is 11.3. The van der Waals surface area contributed by atoms with E-state index >= 15 is 0 Å². The summed E-state index contributed by atoms with van der Waals surface area (Å²) in [6, 6.07) is 10.2. The lowest BCUT2D eigenvalue weighted by Crippen LogP contribution is -2.34. The molecule has 0 spiro atoms. The number of nitrogens with zero attached hydrogens (tertiary/aromatic N) is 3. The molecule has 7 heteroatoms. The van der Waals surface area contributed by atoms with E-state index in [1.807, 2.05) is 0 Å². The largest absolute Gasteiger partial charge is 0.443 e. The molecule has 0 saturated carbocycles. The molecule has 0 unspecified atom stereocenters. The lowest BCUT2D eigenvalue weighted by Gasteiger charge is -2.19. The van der Waals surface area contributed by atoms with Gasteiger partial charge in [0.05, 0.1) is 16.7 Å². The summed E-state index contributed by atoms with van der Waals surface area (Å²) < 4.78 is 7.79. The zero-order valence-electron chi connectivity index (χ0n) is 13.5. The third-order valence-corrected chi connectivity index (χ3v) is 3.50. The lowest BCUT2D eigenvalue weighted by molar-refractivity contribution is 0.0538. The fourth-order valence-corrected chi connectivity index (χ4v) is 2.58. The molecule has 0 radical (unpaired) electrons. The molecule has 0 aliphatic carbocycles. The van der Waals surface area contributed by atoms with Crippen LogP contribution in [-0.2, 0) is 4.74 Å². The maximum absolute atomic E-state index is 12.9. The highest BCUT2D eigenvalue weighted by Gasteiger charge is 2.24. The van der Waals surface area contributed by atoms with Gasteiger partial charge in [0.25, 0.3) is 0 Å². The maximum atomic E-state index is 12.9. The van der Waals surface area contributed by atoms with Crippen LogP contribution in [0.25, 0.3) is 16.7 Å². The van der Waals surface area contributed by atoms with Gasteiger partial charge in [-0.2, -0.15) is 4.57 Å². The highest BCUT2D eigenvalue weighted by Crippen LogP contribution is 2.20. The molecular weight excluding hydrogens is 330 g/mol. The van der Waals surface area contributed by atoms with Crippen molar-refractivity contribution in [1.29, 1.82) is 0 Å². The van der Waals surface area contributed by atoms with Gasteiger partial charge in [0.1, 0.15) is 10.8 Å². The van der Waals surface area contributed by atoms with E-state index in [1.165, 1.54) is 10.8 Å². The van der Waals surface area contributed by atoms with Crippen LogP contribution >= 0.6 is 11.6 Å². The predicted octanol–water partition coefficient (Wildman–Crippen LogP) is 3.62. The Hall–Kier alpha value is -2.60. The van der Waals surface area contributed by atoms with Gasteiger partial charge in [0, 0.05) is 6.20 Å². The molecule has 2 heterocycles. The quantitative estimate of drug-likeness (QED) is 0.632. The summed E-state index contributed by atoms with van der Waals surface area (Å²) in [5.41, 5.74) is 0.339. The van der Waals surface area contributed by atoms with Crippen molar-refractivity contribution in [2.24, 2.45) is 0 Å². The minimum absolute atomic E-state index is 0.258. The molecule has 3 aromatic rings. The second-order valence-electron chi connectivity index (χ2n) is 6.26. The van der Waals surface area contributed by atoms with Crippen molar-refractivity contribution in [3.8, 4) is 5.69 Å². The van der Waals surface area contributed by atoms with Crippen molar-refractivity contribution in [3.05, 3.63) is 58.2 Å². The first-order valence-electron chi connectivity index (χ1n) is 7.36. The van der Waals surface area contributed by atoms with Gasteiger partial charge in [-0.05, 0) is 45.0 Å². The van der Waals surface area contributed by atoms with E-state index < -0.39 is 17.4 Å². The SMILES string of the molecule is CC(C)(C)OC(=O)n1c(=O)n(-c2ccnc(Cl)c2)c2ccccc21. The Morgan fingerprint density at radius 3 is 2.46 bits per heavy atom. The standard InChI is InChI=1S/C17H16ClN3O3/c1-17(2,3)24-16(23)21-13-7-5-4-6-12(13)20(15(21)22)11-8-9-19-14(18)10-11/h4-10H,1-3H3. The van der Waals surface area contributed by atoms with Crippen LogP contribution in [-0.4, -0.2) is 25.8 Å². The van der Waals surface area contributed by atoms with Gasteiger partial charge in [-0.1, -0.05) is 23.7 Å². The maximum Gasteiger partial charge on any atom is 0.423 e. The summed E-state index contributed by atoms with van der Waals surface area (Å²) in [4.78, 5) is 29.3. The van der Waals surface area contributed by atoms with Gasteiger partial charge in [-0.15, -0.1) is 0 Å². The molecule has 0 N–H and O–H groups in total. The second kappa shape index (κ2) is 5.79. The molecule has 2 aromatic heterocycles. The lowest BCUT2D eigenvalue weighted by atomic mass is 10.2. The van der Waals surface area contributed by atoms with Crippen LogP contribution in [0.4, 0.5) is 4.79 Å². The van der Waals surface area contributed by atoms with Crippen molar-refractivity contribution < 1.29 is 9.53 Å². The van der Waals surface area contributed by atoms with Crippen molar-refractivity contribution >= 4 is 28.7 Å². The normalized spacial score (nSPS) is 11.7. The molecule has 0 saturated heterocycles. The average molecular weight is 346 g/mol. The van der Waals surface area contributed by atoms with Crippen LogP contribution in [0, 0.1) is 0 Å². The van der Waals surface area contributed by atoms with Crippen molar-refractivity contribution in [2.45, 2.75) is 26.4 Å². The van der Waals surface area contributed by atoms with Crippen molar-refractivity contribution in [3.63, 3.8) is 0 Å². The Morgan fingerprint density at radius 1 is 1.17 bits per heavy atom. The third kappa shape index (κ3) is 2.92. The summed E-state index contributed by atoms with van der Waals surface area (Å²) >= 11 is 5.93. The molecule has 0 amide bonds. The van der Waals surface area contributed by atoms with Crippen molar-refractivity contribution in [1.82, 2.24) is 14.1 Å². The first-order valence-corrected chi connectivity index (χ1v) is 7.73. The van der Waals surface area contributed by atoms with Gasteiger partial charge >= 0.3 is 11.8 Å². The first kappa shape index (κ1) is 16.3. The highest BCUT2D eigenvalue weighted by molar-refractivity contribution is 6.29. The molecule has 0 bridgehead atoms. The van der Waals surface area contributed by atoms with Crippen LogP contribution in [0.2, 0.25) is 5.15 Å². The Bertz CT molecular complexity index is 983. The summed E-state index contributed by atoms with van der Waals surface area (Å²) in [6.07, 6.45) is 0.784. The van der Waals surface area contributed by atoms with Crippen LogP contribution in [0.15, 0.2) is 47.4 Å². The number of imidazole rings is 1. The zero-order chi connectivity index (χ0) is 17.5. The molecule has 0 atom stereocenters. The minimum atomic E-state index is -0.720. The topological polar surface area (TPSA) is 66.1 Å². The number of carbonyl (C=O) groups is 1. The summed E-state index contributed by atoms with van der Waals surface area (Å²) in [6.45, 7) is 5.24. The van der Waals surface area contributed by atoms with Gasteiger partial charge in [0.2, 0.25) is 0 Å². The van der Waals surface area contributed by atoms with Crippen LogP contribution in [0.5, 0.6) is 0 Å². The summed E-state index contributed by atoms with van der Waals surface area (Å²) in [5.74, 6) is 0. The molecule has 24 heavy (non-hydrogen) atoms. The Morgan fingerprint density at radius 2 is 1.83 bits per heavy atom. The number of rotatable bonds is 1. The van der Waals surface area contributed by atoms with Gasteiger partial charge in [-0.3, -0.25) is 4.57 Å². The fraction of sp³-hybridized carbons (Fsp3) is 0.235. The van der Waals surface area contributed by atoms with Crippen LogP contribution < -0.4 is 5.69 Å². The second-order valence-corrected chi connectivity index (χ2v) is 6.65. The van der Waals surface area contributed by atoms with Crippen LogP contribution in [0.3, 0.4) is 0 Å². The number of ether oxygens (including phenoxy) is 1. The molecule has 0 fully saturated rings. The van der Waals surface area contributed by atoms with E-state index in [4.69, 9.17) is 16.3 Å². The molecule has 124 valence electrons. The average Bonchev–Trinajstić information content (AvgIpc) is 2.77. The molecule has 0 aliphatic rings. The molecule has 1 aromatic carbocycles. The number of aromatic nitrogens is 3. The smallest absolute Gasteiger partial charge is 0.423 e. The third-order valence-electron chi connectivity index (χ3n) is 3.29. The molecule has 3 rings (SSSR count). The number of halogens is 1. The monoisotopic (exact) mass is 345 g/mol. The fourth-order valence-electron chi connectivity index (χ4n) is 2.41. The summed E-state index contributed by atoms with van der Waals surface area (Å²) in [5, 5.41) is 0.258. The number of hydrogen-bond acceptors (Lipinski definition) is 4. The number of benzene rings is 1. The number of para-hydroxylation sites is 2. The van der Waals surface area contributed by atoms with Crippen LogP contribution in [0.1, 0.15) is 20.8 Å². The Labute approximate surface area is 143 Å². The van der Waals surface area contributed by atoms with E-state index in [9.17, 15) is 9.59 Å². The van der Waals surface area contributed by atoms with E-state index in [-0.39, 0.29) is 5.15 Å². The zero-order valence-corrected chi connectivity index (χ0v) is 14.2. The minimum Gasteiger partial charge on any atom is -0.443 e. The molecular formula is C17H16ClN3O3. The van der Waals surface area contributed by atoms with Crippen molar-refractivity contribution in [2.75, 3.05) is 0 Å². The van der Waals surface area contributed by atoms with E-state index in [0.717, 1.165) is 4.57 Å². The molecule has 6 nitrogen and oxygen atoms in total. The predicted molar refractivity (Wildman–Crippen MR) is 92.0 cm³/mol. The van der Waals surface area contributed by atoms with E-state index in [1.54, 1.807) is 57.2 Å². The number of carbonyl (C=O) groups excluding carboxylic acids is 1. The van der Waals surface area contributed by atoms with E-state index in [0.29, 0.717) is 16.7 Å². The number of fused-ring (bicyclic) bond motifs is 1. The van der Waals surface area contributed by atoms with E-state index in [2.05, 4.69) is 4.98 Å². The number of hydrogen-bond donors (Lipinski definition) is 0. The molecule has 0 aliphatic heterocycles. The van der Waals surface area contributed by atoms with Gasteiger partial charge in [-0.25, -0.2) is 14.6 Å². The van der Waals surface area contributed by atoms with Gasteiger partial charge in [0.15, 0.2) is 0 Å². The Kier molecular flexibility index (Phi) is 3.93. The summed E-state index contributed by atoms with van der Waals surface area (Å²) in [7, 11) is 0.